The van der Waals surface area contributed by atoms with Gasteiger partial charge >= 0.3 is 5.97 Å². The number of carbonyl (C=O) groups is 1. The summed E-state index contributed by atoms with van der Waals surface area (Å²) < 4.78 is 24.6. The van der Waals surface area contributed by atoms with Gasteiger partial charge in [-0.15, -0.1) is 0 Å². The minimum Gasteiger partial charge on any atom is -0.497 e. The van der Waals surface area contributed by atoms with Crippen molar-refractivity contribution < 1.29 is 23.7 Å². The topological polar surface area (TPSA) is 66.0 Å². The smallest absolute Gasteiger partial charge is 0.338 e. The highest BCUT2D eigenvalue weighted by atomic mass is 16.6. The third-order valence-corrected chi connectivity index (χ3v) is 8.37. The lowest BCUT2D eigenvalue weighted by Crippen LogP contribution is -2.51. The van der Waals surface area contributed by atoms with Gasteiger partial charge in [0.25, 0.3) is 0 Å². The molecule has 1 fully saturated rings. The van der Waals surface area contributed by atoms with Crippen molar-refractivity contribution in [2.24, 2.45) is 5.92 Å². The number of anilines is 1. The predicted octanol–water partition coefficient (Wildman–Crippen LogP) is 8.04. The lowest BCUT2D eigenvalue weighted by atomic mass is 9.86. The summed E-state index contributed by atoms with van der Waals surface area (Å²) in [5.41, 5.74) is 3.83. The third kappa shape index (κ3) is 7.23. The summed E-state index contributed by atoms with van der Waals surface area (Å²) in [5.74, 6) is 1.92. The molecule has 6 heteroatoms. The molecule has 1 saturated carbocycles. The zero-order valence-corrected chi connectivity index (χ0v) is 24.8. The summed E-state index contributed by atoms with van der Waals surface area (Å²) in [4.78, 5) is 13.3. The lowest BCUT2D eigenvalue weighted by molar-refractivity contribution is -0.141. The van der Waals surface area contributed by atoms with E-state index in [4.69, 9.17) is 18.9 Å². The predicted molar refractivity (Wildman–Crippen MR) is 162 cm³/mol. The second kappa shape index (κ2) is 13.0. The van der Waals surface area contributed by atoms with Crippen LogP contribution in [0.2, 0.25) is 0 Å². The largest absolute Gasteiger partial charge is 0.497 e. The molecule has 1 aliphatic heterocycles. The number of hydrogen-bond acceptors (Lipinski definition) is 6. The Kier molecular flexibility index (Phi) is 9.19. The molecule has 3 aromatic rings. The van der Waals surface area contributed by atoms with Crippen molar-refractivity contribution in [3.05, 3.63) is 89.0 Å². The molecule has 0 radical (unpaired) electrons. The van der Waals surface area contributed by atoms with Crippen LogP contribution in [0.3, 0.4) is 0 Å². The van der Waals surface area contributed by atoms with Crippen molar-refractivity contribution >= 4 is 11.7 Å². The molecule has 218 valence electrons. The zero-order chi connectivity index (χ0) is 28.8. The van der Waals surface area contributed by atoms with Crippen molar-refractivity contribution in [2.45, 2.75) is 83.6 Å². The monoisotopic (exact) mass is 557 g/mol. The first-order chi connectivity index (χ1) is 19.8. The molecule has 0 spiro atoms. The molecule has 6 nitrogen and oxygen atoms in total. The van der Waals surface area contributed by atoms with Crippen LogP contribution >= 0.6 is 0 Å². The fourth-order valence-electron chi connectivity index (χ4n) is 5.88. The van der Waals surface area contributed by atoms with Crippen LogP contribution in [-0.4, -0.2) is 31.4 Å². The minimum absolute atomic E-state index is 0.371. The molecule has 1 aliphatic carbocycles. The normalized spacial score (nSPS) is 20.0. The highest BCUT2D eigenvalue weighted by Gasteiger charge is 2.47. The second-order valence-corrected chi connectivity index (χ2v) is 11.9. The van der Waals surface area contributed by atoms with Crippen LogP contribution in [0.4, 0.5) is 5.69 Å². The molecule has 0 aromatic heterocycles. The highest BCUT2D eigenvalue weighted by Crippen LogP contribution is 2.45. The summed E-state index contributed by atoms with van der Waals surface area (Å²) in [7, 11) is 1.67. The molecule has 0 bridgehead atoms. The van der Waals surface area contributed by atoms with E-state index in [9.17, 15) is 4.79 Å². The zero-order valence-electron chi connectivity index (χ0n) is 24.8. The van der Waals surface area contributed by atoms with Crippen LogP contribution < -0.4 is 14.8 Å². The number of carbonyl (C=O) groups excluding carboxylic acids is 1. The Bertz CT molecular complexity index is 1300. The molecule has 0 saturated heterocycles. The molecule has 2 aliphatic rings. The number of fused-ring (bicyclic) bond motifs is 1. The van der Waals surface area contributed by atoms with Crippen LogP contribution in [0.5, 0.6) is 11.5 Å². The Morgan fingerprint density at radius 1 is 0.976 bits per heavy atom. The minimum atomic E-state index is -0.777. The van der Waals surface area contributed by atoms with Crippen LogP contribution in [0.15, 0.2) is 66.7 Å². The summed E-state index contributed by atoms with van der Waals surface area (Å²) in [5, 5.41) is 3.52. The number of rotatable bonds is 10. The Morgan fingerprint density at radius 2 is 1.71 bits per heavy atom. The summed E-state index contributed by atoms with van der Waals surface area (Å²) in [6, 6.07) is 21.6. The van der Waals surface area contributed by atoms with E-state index >= 15 is 0 Å². The van der Waals surface area contributed by atoms with E-state index in [0.717, 1.165) is 40.3 Å². The first-order valence-corrected chi connectivity index (χ1v) is 14.9. The molecular formula is C35H43NO5. The van der Waals surface area contributed by atoms with Gasteiger partial charge in [0, 0.05) is 24.4 Å². The standard InChI is InChI=1S/C35H43NO5/c1-24-10-14-27(15-11-24)34(37)40-33-32(39-21-20-25-8-6-5-7-9-25)30-22-28(16-19-31(30)41-35(33,2)3)36-23-26-12-17-29(38-4)18-13-26/h10-19,22,25,32-33,36H,5-9,20-21,23H2,1-4H3. The van der Waals surface area contributed by atoms with Crippen LogP contribution in [-0.2, 0) is 16.0 Å². The first-order valence-electron chi connectivity index (χ1n) is 14.9. The summed E-state index contributed by atoms with van der Waals surface area (Å²) in [6.07, 6.45) is 6.43. The van der Waals surface area contributed by atoms with Gasteiger partial charge in [0.05, 0.1) is 12.7 Å². The average Bonchev–Trinajstić information content (AvgIpc) is 2.98. The quantitative estimate of drug-likeness (QED) is 0.255. The third-order valence-electron chi connectivity index (χ3n) is 8.37. The van der Waals surface area contributed by atoms with E-state index in [1.54, 1.807) is 7.11 Å². The highest BCUT2D eigenvalue weighted by molar-refractivity contribution is 5.89. The van der Waals surface area contributed by atoms with E-state index in [2.05, 4.69) is 11.4 Å². The number of ether oxygens (including phenoxy) is 4. The van der Waals surface area contributed by atoms with Gasteiger partial charge in [-0.3, -0.25) is 0 Å². The van der Waals surface area contributed by atoms with Gasteiger partial charge in [-0.05, 0) is 81.1 Å². The van der Waals surface area contributed by atoms with E-state index in [1.807, 2.05) is 81.4 Å². The van der Waals surface area contributed by atoms with E-state index in [-0.39, 0.29) is 5.97 Å². The van der Waals surface area contributed by atoms with E-state index < -0.39 is 17.8 Å². The van der Waals surface area contributed by atoms with Gasteiger partial charge in [0.15, 0.2) is 6.10 Å². The number of nitrogens with one attached hydrogen (secondary N) is 1. The Balaban J connectivity index is 1.38. The van der Waals surface area contributed by atoms with Gasteiger partial charge in [-0.2, -0.15) is 0 Å². The summed E-state index contributed by atoms with van der Waals surface area (Å²) in [6.45, 7) is 7.22. The van der Waals surface area contributed by atoms with E-state index in [1.165, 1.54) is 32.1 Å². The Labute approximate surface area is 244 Å². The number of esters is 1. The fourth-order valence-corrected chi connectivity index (χ4v) is 5.88. The molecule has 2 atom stereocenters. The molecule has 1 N–H and O–H groups in total. The molecule has 0 amide bonds. The number of benzene rings is 3. The van der Waals surface area contributed by atoms with Crippen molar-refractivity contribution in [1.82, 2.24) is 0 Å². The number of hydrogen-bond donors (Lipinski definition) is 1. The fraction of sp³-hybridized carbons (Fsp3) is 0.457. The van der Waals surface area contributed by atoms with Crippen molar-refractivity contribution in [3.63, 3.8) is 0 Å². The molecule has 2 unspecified atom stereocenters. The maximum Gasteiger partial charge on any atom is 0.338 e. The Morgan fingerprint density at radius 3 is 2.41 bits per heavy atom. The van der Waals surface area contributed by atoms with Gasteiger partial charge in [0.1, 0.15) is 23.2 Å². The number of methoxy groups -OCH3 is 1. The van der Waals surface area contributed by atoms with Crippen molar-refractivity contribution in [1.29, 1.82) is 0 Å². The van der Waals surface area contributed by atoms with Crippen molar-refractivity contribution in [2.75, 3.05) is 19.0 Å². The van der Waals surface area contributed by atoms with Crippen molar-refractivity contribution in [3.8, 4) is 11.5 Å². The SMILES string of the molecule is COc1ccc(CNc2ccc3c(c2)C(OCCC2CCCCC2)C(OC(=O)c2ccc(C)cc2)C(C)(C)O3)cc1. The van der Waals surface area contributed by atoms with Gasteiger partial charge in [0.2, 0.25) is 0 Å². The second-order valence-electron chi connectivity index (χ2n) is 11.9. The molecule has 5 rings (SSSR count). The number of aryl methyl sites for hydroxylation is 1. The average molecular weight is 558 g/mol. The summed E-state index contributed by atoms with van der Waals surface area (Å²) >= 11 is 0. The molecule has 3 aromatic carbocycles. The Hall–Kier alpha value is -3.51. The van der Waals surface area contributed by atoms with Crippen LogP contribution in [0.1, 0.15) is 85.5 Å². The molecular weight excluding hydrogens is 514 g/mol. The first kappa shape index (κ1) is 29.0. The van der Waals surface area contributed by atoms with Gasteiger partial charge < -0.3 is 24.3 Å². The lowest BCUT2D eigenvalue weighted by Gasteiger charge is -2.44. The van der Waals surface area contributed by atoms with Gasteiger partial charge in [-0.1, -0.05) is 61.9 Å². The maximum atomic E-state index is 13.3. The maximum absolute atomic E-state index is 13.3. The molecule has 1 heterocycles. The van der Waals surface area contributed by atoms with Crippen LogP contribution in [0, 0.1) is 12.8 Å². The van der Waals surface area contributed by atoms with Gasteiger partial charge in [-0.25, -0.2) is 4.79 Å². The van der Waals surface area contributed by atoms with Crippen LogP contribution in [0.25, 0.3) is 0 Å². The van der Waals surface area contributed by atoms with E-state index in [0.29, 0.717) is 24.6 Å². The molecule has 41 heavy (non-hydrogen) atoms.